The van der Waals surface area contributed by atoms with Crippen LogP contribution in [0.4, 0.5) is 0 Å². The van der Waals surface area contributed by atoms with Gasteiger partial charge in [-0.25, -0.2) is 0 Å². The van der Waals surface area contributed by atoms with Crippen LogP contribution in [0.1, 0.15) is 26.8 Å². The molecule has 0 spiro atoms. The molecule has 0 atom stereocenters. The summed E-state index contributed by atoms with van der Waals surface area (Å²) in [5, 5.41) is 7.41. The second-order valence-electron chi connectivity index (χ2n) is 4.07. The lowest BCUT2D eigenvalue weighted by Crippen LogP contribution is -2.18. The topological polar surface area (TPSA) is 39.1 Å². The van der Waals surface area contributed by atoms with Crippen LogP contribution >= 0.6 is 0 Å². The minimum Gasteiger partial charge on any atom is -0.486 e. The molecule has 1 N–H and O–H groups in total. The van der Waals surface area contributed by atoms with Gasteiger partial charge in [-0.3, -0.25) is 4.68 Å². The molecule has 4 nitrogen and oxygen atoms in total. The maximum Gasteiger partial charge on any atom is 0.157 e. The van der Waals surface area contributed by atoms with Crippen molar-refractivity contribution in [2.45, 2.75) is 26.8 Å². The summed E-state index contributed by atoms with van der Waals surface area (Å²) in [4.78, 5) is 0. The molecule has 0 fully saturated rings. The first kappa shape index (κ1) is 12.8. The first-order valence-electron chi connectivity index (χ1n) is 5.67. The highest BCUT2D eigenvalue weighted by Crippen LogP contribution is 2.12. The Balaban J connectivity index is 2.33. The summed E-state index contributed by atoms with van der Waals surface area (Å²) in [6.07, 6.45) is 3.64. The van der Waals surface area contributed by atoms with Gasteiger partial charge in [0.1, 0.15) is 6.61 Å². The standard InChI is InChI=1S/C12H21N3O/c1-5-13-6-11(4)9-16-12-7-14-15(8-12)10(2)3/h7-8,10,13H,4-6,9H2,1-3H3. The summed E-state index contributed by atoms with van der Waals surface area (Å²) in [5.74, 6) is 0.798. The van der Waals surface area contributed by atoms with Gasteiger partial charge in [-0.1, -0.05) is 13.5 Å². The Bertz CT molecular complexity index is 331. The predicted molar refractivity (Wildman–Crippen MR) is 65.8 cm³/mol. The zero-order valence-electron chi connectivity index (χ0n) is 10.4. The summed E-state index contributed by atoms with van der Waals surface area (Å²) < 4.78 is 7.45. The van der Waals surface area contributed by atoms with Gasteiger partial charge in [-0.15, -0.1) is 0 Å². The summed E-state index contributed by atoms with van der Waals surface area (Å²) in [5.41, 5.74) is 1.04. The van der Waals surface area contributed by atoms with Gasteiger partial charge in [0.25, 0.3) is 0 Å². The van der Waals surface area contributed by atoms with Crippen molar-refractivity contribution in [3.63, 3.8) is 0 Å². The molecule has 0 aliphatic carbocycles. The average Bonchev–Trinajstić information content (AvgIpc) is 2.72. The molecular formula is C12H21N3O. The van der Waals surface area contributed by atoms with E-state index >= 15 is 0 Å². The van der Waals surface area contributed by atoms with E-state index in [2.05, 4.69) is 37.8 Å². The maximum absolute atomic E-state index is 5.57. The molecule has 90 valence electrons. The lowest BCUT2D eigenvalue weighted by atomic mass is 10.3. The van der Waals surface area contributed by atoms with Crippen LogP contribution in [-0.4, -0.2) is 29.5 Å². The van der Waals surface area contributed by atoms with Crippen LogP contribution in [0.3, 0.4) is 0 Å². The third-order valence-electron chi connectivity index (χ3n) is 2.17. The van der Waals surface area contributed by atoms with E-state index in [-0.39, 0.29) is 0 Å². The molecule has 1 aromatic heterocycles. The molecule has 0 aromatic carbocycles. The van der Waals surface area contributed by atoms with Gasteiger partial charge < -0.3 is 10.1 Å². The zero-order valence-corrected chi connectivity index (χ0v) is 10.4. The van der Waals surface area contributed by atoms with Crippen molar-refractivity contribution < 1.29 is 4.74 Å². The fraction of sp³-hybridized carbons (Fsp3) is 0.583. The highest BCUT2D eigenvalue weighted by atomic mass is 16.5. The Morgan fingerprint density at radius 1 is 1.62 bits per heavy atom. The van der Waals surface area contributed by atoms with Crippen LogP contribution in [0.5, 0.6) is 5.75 Å². The van der Waals surface area contributed by atoms with Gasteiger partial charge in [0.15, 0.2) is 5.75 Å². The molecule has 0 bridgehead atoms. The van der Waals surface area contributed by atoms with E-state index in [0.717, 1.165) is 24.4 Å². The van der Waals surface area contributed by atoms with E-state index in [9.17, 15) is 0 Å². The monoisotopic (exact) mass is 223 g/mol. The lowest BCUT2D eigenvalue weighted by Gasteiger charge is -2.07. The number of rotatable bonds is 7. The molecule has 0 aliphatic rings. The van der Waals surface area contributed by atoms with Crippen molar-refractivity contribution in [1.29, 1.82) is 0 Å². The Hall–Kier alpha value is -1.29. The van der Waals surface area contributed by atoms with Crippen LogP contribution in [0.25, 0.3) is 0 Å². The van der Waals surface area contributed by atoms with Crippen LogP contribution in [0.15, 0.2) is 24.5 Å². The van der Waals surface area contributed by atoms with Crippen molar-refractivity contribution in [2.75, 3.05) is 19.7 Å². The van der Waals surface area contributed by atoms with E-state index in [4.69, 9.17) is 4.74 Å². The predicted octanol–water partition coefficient (Wildman–Crippen LogP) is 2.01. The van der Waals surface area contributed by atoms with E-state index in [1.54, 1.807) is 6.20 Å². The Kier molecular flexibility index (Phi) is 5.05. The third-order valence-corrected chi connectivity index (χ3v) is 2.17. The van der Waals surface area contributed by atoms with Gasteiger partial charge in [0.05, 0.1) is 12.4 Å². The zero-order chi connectivity index (χ0) is 12.0. The minimum atomic E-state index is 0.363. The van der Waals surface area contributed by atoms with E-state index < -0.39 is 0 Å². The molecular weight excluding hydrogens is 202 g/mol. The molecule has 0 radical (unpaired) electrons. The quantitative estimate of drug-likeness (QED) is 0.719. The van der Waals surface area contributed by atoms with E-state index in [0.29, 0.717) is 12.6 Å². The lowest BCUT2D eigenvalue weighted by molar-refractivity contribution is 0.347. The van der Waals surface area contributed by atoms with Gasteiger partial charge in [0, 0.05) is 12.6 Å². The summed E-state index contributed by atoms with van der Waals surface area (Å²) in [6, 6.07) is 0.363. The molecule has 0 saturated carbocycles. The molecule has 1 rings (SSSR count). The summed E-state index contributed by atoms with van der Waals surface area (Å²) in [6.45, 7) is 12.5. The van der Waals surface area contributed by atoms with E-state index in [1.165, 1.54) is 0 Å². The van der Waals surface area contributed by atoms with Gasteiger partial charge in [-0.2, -0.15) is 5.10 Å². The van der Waals surface area contributed by atoms with Crippen LogP contribution in [0, 0.1) is 0 Å². The average molecular weight is 223 g/mol. The first-order chi connectivity index (χ1) is 7.63. The highest BCUT2D eigenvalue weighted by Gasteiger charge is 2.02. The number of nitrogens with one attached hydrogen (secondary N) is 1. The molecule has 0 unspecified atom stereocenters. The SMILES string of the molecule is C=C(CNCC)COc1cnn(C(C)C)c1. The molecule has 0 amide bonds. The molecule has 1 aromatic rings. The smallest absolute Gasteiger partial charge is 0.157 e. The first-order valence-corrected chi connectivity index (χ1v) is 5.67. The minimum absolute atomic E-state index is 0.363. The number of aromatic nitrogens is 2. The molecule has 1 heterocycles. The van der Waals surface area contributed by atoms with Crippen molar-refractivity contribution in [3.05, 3.63) is 24.5 Å². The van der Waals surface area contributed by atoms with Crippen molar-refractivity contribution in [1.82, 2.24) is 15.1 Å². The second kappa shape index (κ2) is 6.33. The molecule has 4 heteroatoms. The summed E-state index contributed by atoms with van der Waals surface area (Å²) in [7, 11) is 0. The normalized spacial score (nSPS) is 10.8. The molecule has 0 aliphatic heterocycles. The maximum atomic E-state index is 5.57. The van der Waals surface area contributed by atoms with Crippen LogP contribution < -0.4 is 10.1 Å². The molecule has 0 saturated heterocycles. The van der Waals surface area contributed by atoms with Gasteiger partial charge in [0.2, 0.25) is 0 Å². The van der Waals surface area contributed by atoms with Gasteiger partial charge >= 0.3 is 0 Å². The Labute approximate surface area is 97.3 Å². The van der Waals surface area contributed by atoms with Crippen molar-refractivity contribution >= 4 is 0 Å². The largest absolute Gasteiger partial charge is 0.486 e. The van der Waals surface area contributed by atoms with Crippen LogP contribution in [0.2, 0.25) is 0 Å². The number of hydrogen-bond acceptors (Lipinski definition) is 3. The second-order valence-corrected chi connectivity index (χ2v) is 4.07. The number of hydrogen-bond donors (Lipinski definition) is 1. The fourth-order valence-electron chi connectivity index (χ4n) is 1.22. The summed E-state index contributed by atoms with van der Waals surface area (Å²) >= 11 is 0. The van der Waals surface area contributed by atoms with Gasteiger partial charge in [-0.05, 0) is 26.0 Å². The number of nitrogens with zero attached hydrogens (tertiary/aromatic N) is 2. The third kappa shape index (κ3) is 4.06. The molecule has 16 heavy (non-hydrogen) atoms. The number of likely N-dealkylation sites (N-methyl/N-ethyl adjacent to an activating group) is 1. The fourth-order valence-corrected chi connectivity index (χ4v) is 1.22. The van der Waals surface area contributed by atoms with Crippen molar-refractivity contribution in [2.24, 2.45) is 0 Å². The number of ether oxygens (including phenoxy) is 1. The van der Waals surface area contributed by atoms with E-state index in [1.807, 2.05) is 10.9 Å². The Morgan fingerprint density at radius 3 is 2.94 bits per heavy atom. The van der Waals surface area contributed by atoms with Crippen molar-refractivity contribution in [3.8, 4) is 5.75 Å². The van der Waals surface area contributed by atoms with Crippen LogP contribution in [-0.2, 0) is 0 Å². The Morgan fingerprint density at radius 2 is 2.38 bits per heavy atom. The highest BCUT2D eigenvalue weighted by molar-refractivity contribution is 5.13.